The fraction of sp³-hybridized carbons (Fsp3) is 0.571. The molecule has 1 aromatic carbocycles. The van der Waals surface area contributed by atoms with Crippen molar-refractivity contribution >= 4 is 5.69 Å². The van der Waals surface area contributed by atoms with E-state index in [1.807, 2.05) is 25.1 Å². The second-order valence-corrected chi connectivity index (χ2v) is 5.42. The molecular formula is C14H20N2O3. The zero-order valence-electron chi connectivity index (χ0n) is 11.2. The first-order chi connectivity index (χ1) is 9.14. The van der Waals surface area contributed by atoms with Crippen molar-refractivity contribution < 1.29 is 14.6 Å². The van der Waals surface area contributed by atoms with Gasteiger partial charge in [0.15, 0.2) is 11.5 Å². The molecule has 1 unspecified atom stereocenters. The number of rotatable bonds is 1. The Kier molecular flexibility index (Phi) is 3.24. The van der Waals surface area contributed by atoms with E-state index in [1.54, 1.807) is 0 Å². The Morgan fingerprint density at radius 3 is 2.89 bits per heavy atom. The third-order valence-corrected chi connectivity index (χ3v) is 3.49. The van der Waals surface area contributed by atoms with Gasteiger partial charge < -0.3 is 24.8 Å². The average Bonchev–Trinajstić information content (AvgIpc) is 2.59. The lowest BCUT2D eigenvalue weighted by Gasteiger charge is -2.30. The summed E-state index contributed by atoms with van der Waals surface area (Å²) >= 11 is 0. The molecule has 2 aliphatic rings. The highest BCUT2D eigenvalue weighted by molar-refractivity contribution is 5.57. The molecule has 104 valence electrons. The number of ether oxygens (including phenoxy) is 2. The lowest BCUT2D eigenvalue weighted by atomic mass is 10.1. The van der Waals surface area contributed by atoms with Crippen molar-refractivity contribution in [2.45, 2.75) is 12.5 Å². The molecule has 2 aliphatic heterocycles. The quantitative estimate of drug-likeness (QED) is 0.779. The summed E-state index contributed by atoms with van der Waals surface area (Å²) in [6, 6.07) is 5.96. The molecule has 3 rings (SSSR count). The summed E-state index contributed by atoms with van der Waals surface area (Å²) in [5.41, 5.74) is 0.345. The van der Waals surface area contributed by atoms with Gasteiger partial charge in [0, 0.05) is 37.9 Å². The fourth-order valence-electron chi connectivity index (χ4n) is 2.57. The topological polar surface area (TPSA) is 54.0 Å². The van der Waals surface area contributed by atoms with Gasteiger partial charge in [0.1, 0.15) is 13.2 Å². The molecule has 2 heterocycles. The second kappa shape index (κ2) is 4.90. The lowest BCUT2D eigenvalue weighted by molar-refractivity contribution is 0.0729. The van der Waals surface area contributed by atoms with Crippen LogP contribution < -0.4 is 19.7 Å². The Bertz CT molecular complexity index is 462. The summed E-state index contributed by atoms with van der Waals surface area (Å²) in [7, 11) is 0. The summed E-state index contributed by atoms with van der Waals surface area (Å²) in [5, 5.41) is 13.5. The minimum atomic E-state index is -0.718. The standard InChI is InChI=1S/C14H20N2O3/c1-14(17)9-15-4-5-16(10-14)11-2-3-12-13(8-11)19-7-6-18-12/h2-3,8,15,17H,4-7,9-10H2,1H3. The van der Waals surface area contributed by atoms with Gasteiger partial charge in [0.25, 0.3) is 0 Å². The van der Waals surface area contributed by atoms with Crippen LogP contribution in [0.25, 0.3) is 0 Å². The van der Waals surface area contributed by atoms with Gasteiger partial charge in [-0.2, -0.15) is 0 Å². The number of nitrogens with one attached hydrogen (secondary N) is 1. The van der Waals surface area contributed by atoms with E-state index in [-0.39, 0.29) is 0 Å². The lowest BCUT2D eigenvalue weighted by Crippen LogP contribution is -2.43. The first-order valence-electron chi connectivity index (χ1n) is 6.72. The molecule has 1 fully saturated rings. The maximum absolute atomic E-state index is 10.3. The van der Waals surface area contributed by atoms with E-state index in [0.29, 0.717) is 26.3 Å². The third-order valence-electron chi connectivity index (χ3n) is 3.49. The molecular weight excluding hydrogens is 244 g/mol. The van der Waals surface area contributed by atoms with Crippen LogP contribution in [0.5, 0.6) is 11.5 Å². The van der Waals surface area contributed by atoms with Gasteiger partial charge in [-0.15, -0.1) is 0 Å². The maximum Gasteiger partial charge on any atom is 0.163 e. The van der Waals surface area contributed by atoms with Gasteiger partial charge in [-0.1, -0.05) is 0 Å². The minimum Gasteiger partial charge on any atom is -0.486 e. The van der Waals surface area contributed by atoms with Crippen molar-refractivity contribution in [3.8, 4) is 11.5 Å². The van der Waals surface area contributed by atoms with Gasteiger partial charge in [-0.25, -0.2) is 0 Å². The van der Waals surface area contributed by atoms with Crippen molar-refractivity contribution in [3.05, 3.63) is 18.2 Å². The first-order valence-corrected chi connectivity index (χ1v) is 6.72. The van der Waals surface area contributed by atoms with Gasteiger partial charge in [-0.05, 0) is 19.1 Å². The molecule has 0 aliphatic carbocycles. The molecule has 5 nitrogen and oxygen atoms in total. The van der Waals surface area contributed by atoms with Crippen LogP contribution in [0, 0.1) is 0 Å². The molecule has 1 saturated heterocycles. The van der Waals surface area contributed by atoms with Crippen molar-refractivity contribution in [2.24, 2.45) is 0 Å². The van der Waals surface area contributed by atoms with Crippen LogP contribution in [0.1, 0.15) is 6.92 Å². The molecule has 1 atom stereocenters. The Labute approximate surface area is 113 Å². The van der Waals surface area contributed by atoms with Crippen LogP contribution in [0.2, 0.25) is 0 Å². The normalized spacial score (nSPS) is 26.9. The smallest absolute Gasteiger partial charge is 0.163 e. The largest absolute Gasteiger partial charge is 0.486 e. The van der Waals surface area contributed by atoms with Crippen LogP contribution in [0.3, 0.4) is 0 Å². The van der Waals surface area contributed by atoms with Crippen molar-refractivity contribution in [3.63, 3.8) is 0 Å². The molecule has 2 N–H and O–H groups in total. The maximum atomic E-state index is 10.3. The summed E-state index contributed by atoms with van der Waals surface area (Å²) in [5.74, 6) is 1.59. The predicted octanol–water partition coefficient (Wildman–Crippen LogP) is 0.618. The van der Waals surface area contributed by atoms with Crippen LogP contribution in [0.4, 0.5) is 5.69 Å². The molecule has 0 amide bonds. The van der Waals surface area contributed by atoms with Gasteiger partial charge in [0.05, 0.1) is 5.60 Å². The minimum absolute atomic E-state index is 0.593. The van der Waals surface area contributed by atoms with Crippen molar-refractivity contribution in [2.75, 3.05) is 44.3 Å². The predicted molar refractivity (Wildman–Crippen MR) is 73.1 cm³/mol. The zero-order chi connectivity index (χ0) is 13.3. The molecule has 0 radical (unpaired) electrons. The van der Waals surface area contributed by atoms with Crippen molar-refractivity contribution in [1.82, 2.24) is 5.32 Å². The number of nitrogens with zero attached hydrogens (tertiary/aromatic N) is 1. The van der Waals surface area contributed by atoms with E-state index >= 15 is 0 Å². The second-order valence-electron chi connectivity index (χ2n) is 5.42. The van der Waals surface area contributed by atoms with Gasteiger partial charge in [0.2, 0.25) is 0 Å². The average molecular weight is 264 g/mol. The third kappa shape index (κ3) is 2.77. The Hall–Kier alpha value is -1.46. The van der Waals surface area contributed by atoms with Crippen LogP contribution in [-0.4, -0.2) is 50.1 Å². The highest BCUT2D eigenvalue weighted by Gasteiger charge is 2.27. The summed E-state index contributed by atoms with van der Waals surface area (Å²) in [6.45, 7) is 6.02. The molecule has 1 aromatic rings. The number of anilines is 1. The summed E-state index contributed by atoms with van der Waals surface area (Å²) < 4.78 is 11.1. The Balaban J connectivity index is 1.84. The number of aliphatic hydroxyl groups is 1. The van der Waals surface area contributed by atoms with E-state index in [1.165, 1.54) is 0 Å². The fourth-order valence-corrected chi connectivity index (χ4v) is 2.57. The number of β-amino-alcohol motifs (C(OH)–C–C–N with tert-alkyl or cyclic N) is 1. The van der Waals surface area contributed by atoms with Gasteiger partial charge >= 0.3 is 0 Å². The molecule has 5 heteroatoms. The monoisotopic (exact) mass is 264 g/mol. The highest BCUT2D eigenvalue weighted by atomic mass is 16.6. The van der Waals surface area contributed by atoms with E-state index in [9.17, 15) is 5.11 Å². The summed E-state index contributed by atoms with van der Waals surface area (Å²) in [6.07, 6.45) is 0. The molecule has 0 spiro atoms. The van der Waals surface area contributed by atoms with Crippen LogP contribution in [-0.2, 0) is 0 Å². The number of fused-ring (bicyclic) bond motifs is 1. The highest BCUT2D eigenvalue weighted by Crippen LogP contribution is 2.34. The SMILES string of the molecule is CC1(O)CNCCN(c2ccc3c(c2)OCCO3)C1. The van der Waals surface area contributed by atoms with E-state index < -0.39 is 5.60 Å². The summed E-state index contributed by atoms with van der Waals surface area (Å²) in [4.78, 5) is 2.18. The van der Waals surface area contributed by atoms with Crippen LogP contribution >= 0.6 is 0 Å². The zero-order valence-corrected chi connectivity index (χ0v) is 11.2. The number of hydrogen-bond donors (Lipinski definition) is 2. The Morgan fingerprint density at radius 1 is 1.26 bits per heavy atom. The van der Waals surface area contributed by atoms with Crippen molar-refractivity contribution in [1.29, 1.82) is 0 Å². The van der Waals surface area contributed by atoms with E-state index in [0.717, 1.165) is 30.3 Å². The molecule has 19 heavy (non-hydrogen) atoms. The number of hydrogen-bond acceptors (Lipinski definition) is 5. The first kappa shape index (κ1) is 12.6. The Morgan fingerprint density at radius 2 is 2.05 bits per heavy atom. The van der Waals surface area contributed by atoms with Crippen LogP contribution in [0.15, 0.2) is 18.2 Å². The molecule has 0 saturated carbocycles. The van der Waals surface area contributed by atoms with E-state index in [2.05, 4.69) is 10.2 Å². The van der Waals surface area contributed by atoms with Gasteiger partial charge in [-0.3, -0.25) is 0 Å². The van der Waals surface area contributed by atoms with E-state index in [4.69, 9.17) is 9.47 Å². The molecule has 0 aromatic heterocycles. The molecule has 0 bridgehead atoms. The number of benzene rings is 1.